The molecule has 0 aromatic heterocycles. The van der Waals surface area contributed by atoms with Gasteiger partial charge in [0, 0.05) is 12.6 Å². The molecule has 0 aliphatic heterocycles. The topological polar surface area (TPSA) is 84.5 Å². The average molecular weight is 374 g/mol. The lowest BCUT2D eigenvalue weighted by molar-refractivity contribution is -0.275. The molecule has 0 aliphatic carbocycles. The maximum absolute atomic E-state index is 12.4. The largest absolute Gasteiger partial charge is 0.573 e. The summed E-state index contributed by atoms with van der Waals surface area (Å²) in [7, 11) is -4.35. The molecule has 2 N–H and O–H groups in total. The van der Waals surface area contributed by atoms with Crippen LogP contribution in [-0.4, -0.2) is 20.7 Å². The van der Waals surface area contributed by atoms with Crippen LogP contribution >= 0.6 is 0 Å². The minimum Gasteiger partial charge on any atom is -0.404 e. The summed E-state index contributed by atoms with van der Waals surface area (Å²) in [4.78, 5) is 10.4. The number of sulfonamides is 1. The van der Waals surface area contributed by atoms with E-state index < -0.39 is 27.0 Å². The van der Waals surface area contributed by atoms with Crippen molar-refractivity contribution in [2.75, 3.05) is 10.0 Å². The van der Waals surface area contributed by atoms with Crippen molar-refractivity contribution < 1.29 is 31.1 Å². The molecule has 0 aliphatic rings. The summed E-state index contributed by atoms with van der Waals surface area (Å²) < 4.78 is 68.0. The number of alkyl halides is 3. The first kappa shape index (κ1) is 18.6. The van der Waals surface area contributed by atoms with Crippen LogP contribution in [0.25, 0.3) is 0 Å². The molecule has 2 rings (SSSR count). The van der Waals surface area contributed by atoms with Gasteiger partial charge in [0.1, 0.15) is 10.6 Å². The standard InChI is InChI=1S/C15H13F3N2O4S/c1-10(21)19-11-5-4-6-12(9-11)20-25(22,23)14-8-3-2-7-13(14)24-15(16,17)18/h2-9,20H,1H3,(H,19,21). The maximum Gasteiger partial charge on any atom is 0.573 e. The lowest BCUT2D eigenvalue weighted by Gasteiger charge is -2.14. The van der Waals surface area contributed by atoms with Gasteiger partial charge in [-0.1, -0.05) is 18.2 Å². The van der Waals surface area contributed by atoms with Crippen molar-refractivity contribution in [2.45, 2.75) is 18.2 Å². The monoisotopic (exact) mass is 374 g/mol. The van der Waals surface area contributed by atoms with Crippen LogP contribution < -0.4 is 14.8 Å². The van der Waals surface area contributed by atoms with E-state index in [4.69, 9.17) is 0 Å². The van der Waals surface area contributed by atoms with Crippen LogP contribution in [0.15, 0.2) is 53.4 Å². The Hall–Kier alpha value is -2.75. The number of hydrogen-bond donors (Lipinski definition) is 2. The van der Waals surface area contributed by atoms with E-state index in [0.29, 0.717) is 5.69 Å². The van der Waals surface area contributed by atoms with Crippen LogP contribution in [0.4, 0.5) is 24.5 Å². The molecule has 2 aromatic carbocycles. The van der Waals surface area contributed by atoms with Crippen molar-refractivity contribution in [1.82, 2.24) is 0 Å². The first-order valence-electron chi connectivity index (χ1n) is 6.82. The summed E-state index contributed by atoms with van der Waals surface area (Å²) in [6, 6.07) is 10.1. The van der Waals surface area contributed by atoms with E-state index >= 15 is 0 Å². The molecule has 0 radical (unpaired) electrons. The first-order valence-corrected chi connectivity index (χ1v) is 8.30. The minimum atomic E-state index is -5.03. The van der Waals surface area contributed by atoms with Crippen LogP contribution in [0.1, 0.15) is 6.92 Å². The normalized spacial score (nSPS) is 11.7. The summed E-state index contributed by atoms with van der Waals surface area (Å²) >= 11 is 0. The van der Waals surface area contributed by atoms with Crippen LogP contribution in [0, 0.1) is 0 Å². The number of rotatable bonds is 5. The Morgan fingerprint density at radius 2 is 1.68 bits per heavy atom. The average Bonchev–Trinajstić information content (AvgIpc) is 2.45. The number of anilines is 2. The number of nitrogens with one attached hydrogen (secondary N) is 2. The second-order valence-electron chi connectivity index (χ2n) is 4.86. The van der Waals surface area contributed by atoms with Gasteiger partial charge < -0.3 is 10.1 Å². The lowest BCUT2D eigenvalue weighted by atomic mass is 10.3. The van der Waals surface area contributed by atoms with E-state index in [1.807, 2.05) is 0 Å². The van der Waals surface area contributed by atoms with Crippen molar-refractivity contribution in [2.24, 2.45) is 0 Å². The molecular weight excluding hydrogens is 361 g/mol. The third-order valence-electron chi connectivity index (χ3n) is 2.80. The zero-order valence-corrected chi connectivity index (χ0v) is 13.6. The third kappa shape index (κ3) is 5.38. The number of carbonyl (C=O) groups is 1. The van der Waals surface area contributed by atoms with Crippen molar-refractivity contribution in [3.63, 3.8) is 0 Å². The number of para-hydroxylation sites is 1. The predicted molar refractivity (Wildman–Crippen MR) is 84.7 cm³/mol. The summed E-state index contributed by atoms with van der Waals surface area (Å²) in [5.41, 5.74) is 0.389. The van der Waals surface area contributed by atoms with E-state index in [1.54, 1.807) is 0 Å². The molecule has 0 spiro atoms. The number of amides is 1. The van der Waals surface area contributed by atoms with Gasteiger partial charge in [0.05, 0.1) is 5.69 Å². The molecule has 0 bridgehead atoms. The van der Waals surface area contributed by atoms with Gasteiger partial charge in [0.2, 0.25) is 5.91 Å². The highest BCUT2D eigenvalue weighted by Crippen LogP contribution is 2.30. The molecule has 0 saturated carbocycles. The maximum atomic E-state index is 12.4. The SMILES string of the molecule is CC(=O)Nc1cccc(NS(=O)(=O)c2ccccc2OC(F)(F)F)c1. The fourth-order valence-corrected chi connectivity index (χ4v) is 3.13. The highest BCUT2D eigenvalue weighted by Gasteiger charge is 2.34. The Bertz CT molecular complexity index is 882. The van der Waals surface area contributed by atoms with Crippen LogP contribution in [0.5, 0.6) is 5.75 Å². The van der Waals surface area contributed by atoms with Crippen molar-refractivity contribution >= 4 is 27.3 Å². The Morgan fingerprint density at radius 1 is 1.04 bits per heavy atom. The first-order chi connectivity index (χ1) is 11.6. The van der Waals surface area contributed by atoms with Gasteiger partial charge in [-0.15, -0.1) is 13.2 Å². The highest BCUT2D eigenvalue weighted by molar-refractivity contribution is 7.92. The number of halogens is 3. The molecule has 0 atom stereocenters. The van der Waals surface area contributed by atoms with Crippen LogP contribution in [-0.2, 0) is 14.8 Å². The summed E-state index contributed by atoms with van der Waals surface area (Å²) in [5.74, 6) is -1.20. The van der Waals surface area contributed by atoms with Gasteiger partial charge in [-0.05, 0) is 30.3 Å². The second kappa shape index (κ2) is 7.01. The number of benzene rings is 2. The summed E-state index contributed by atoms with van der Waals surface area (Å²) in [6.07, 6.45) is -5.03. The Morgan fingerprint density at radius 3 is 2.32 bits per heavy atom. The van der Waals surface area contributed by atoms with Crippen molar-refractivity contribution in [3.8, 4) is 5.75 Å². The molecule has 134 valence electrons. The molecular formula is C15H13F3N2O4S. The molecule has 2 aromatic rings. The summed E-state index contributed by atoms with van der Waals surface area (Å²) in [6.45, 7) is 1.28. The number of ether oxygens (including phenoxy) is 1. The third-order valence-corrected chi connectivity index (χ3v) is 4.22. The molecule has 6 nitrogen and oxygen atoms in total. The Kier molecular flexibility index (Phi) is 5.21. The smallest absolute Gasteiger partial charge is 0.404 e. The molecule has 1 amide bonds. The van der Waals surface area contributed by atoms with Gasteiger partial charge in [-0.3, -0.25) is 9.52 Å². The van der Waals surface area contributed by atoms with E-state index in [-0.39, 0.29) is 11.6 Å². The molecule has 0 fully saturated rings. The fraction of sp³-hybridized carbons (Fsp3) is 0.133. The van der Waals surface area contributed by atoms with Gasteiger partial charge in [0.15, 0.2) is 0 Å². The lowest BCUT2D eigenvalue weighted by Crippen LogP contribution is -2.21. The zero-order valence-electron chi connectivity index (χ0n) is 12.8. The molecule has 0 saturated heterocycles. The molecule has 0 unspecified atom stereocenters. The van der Waals surface area contributed by atoms with E-state index in [0.717, 1.165) is 12.1 Å². The molecule has 10 heteroatoms. The summed E-state index contributed by atoms with van der Waals surface area (Å²) in [5, 5.41) is 2.47. The van der Waals surface area contributed by atoms with E-state index in [2.05, 4.69) is 14.8 Å². The van der Waals surface area contributed by atoms with Crippen molar-refractivity contribution in [1.29, 1.82) is 0 Å². The molecule has 25 heavy (non-hydrogen) atoms. The quantitative estimate of drug-likeness (QED) is 0.841. The fourth-order valence-electron chi connectivity index (χ4n) is 1.96. The minimum absolute atomic E-state index is 0.0630. The van der Waals surface area contributed by atoms with Gasteiger partial charge in [-0.25, -0.2) is 8.42 Å². The van der Waals surface area contributed by atoms with E-state index in [1.165, 1.54) is 43.3 Å². The Balaban J connectivity index is 2.33. The van der Waals surface area contributed by atoms with Crippen LogP contribution in [0.2, 0.25) is 0 Å². The van der Waals surface area contributed by atoms with Gasteiger partial charge in [0.25, 0.3) is 10.0 Å². The molecule has 0 heterocycles. The number of hydrogen-bond acceptors (Lipinski definition) is 4. The second-order valence-corrected chi connectivity index (χ2v) is 6.51. The Labute approximate surface area is 141 Å². The zero-order chi connectivity index (χ0) is 18.7. The van der Waals surface area contributed by atoms with Crippen LogP contribution in [0.3, 0.4) is 0 Å². The predicted octanol–water partition coefficient (Wildman–Crippen LogP) is 3.34. The van der Waals surface area contributed by atoms with Gasteiger partial charge in [-0.2, -0.15) is 0 Å². The number of carbonyl (C=O) groups excluding carboxylic acids is 1. The van der Waals surface area contributed by atoms with E-state index in [9.17, 15) is 26.4 Å². The van der Waals surface area contributed by atoms with Gasteiger partial charge >= 0.3 is 6.36 Å². The highest BCUT2D eigenvalue weighted by atomic mass is 32.2. The van der Waals surface area contributed by atoms with Crippen molar-refractivity contribution in [3.05, 3.63) is 48.5 Å².